The summed E-state index contributed by atoms with van der Waals surface area (Å²) in [5.41, 5.74) is 0. The van der Waals surface area contributed by atoms with E-state index in [1.165, 1.54) is 6.42 Å². The molecule has 0 radical (unpaired) electrons. The van der Waals surface area contributed by atoms with E-state index in [1.807, 2.05) is 21.8 Å². The molecule has 2 rings (SSSR count). The molecular formula is C14H24N4O. The summed E-state index contributed by atoms with van der Waals surface area (Å²) >= 11 is 0. The minimum Gasteiger partial charge on any atom is -0.341 e. The van der Waals surface area contributed by atoms with Crippen LogP contribution in [0.4, 0.5) is 0 Å². The van der Waals surface area contributed by atoms with Gasteiger partial charge in [-0.2, -0.15) is 5.10 Å². The molecule has 5 nitrogen and oxygen atoms in total. The fraction of sp³-hybridized carbons (Fsp3) is 0.714. The number of aromatic nitrogens is 2. The van der Waals surface area contributed by atoms with E-state index in [9.17, 15) is 4.79 Å². The highest BCUT2D eigenvalue weighted by Gasteiger charge is 2.20. The molecule has 19 heavy (non-hydrogen) atoms. The molecule has 0 aromatic carbocycles. The van der Waals surface area contributed by atoms with Gasteiger partial charge in [-0.25, -0.2) is 0 Å². The molecule has 0 aliphatic carbocycles. The number of nitrogens with zero attached hydrogens (tertiary/aromatic N) is 3. The van der Waals surface area contributed by atoms with E-state index in [4.69, 9.17) is 0 Å². The standard InChI is InChI=1S/C14H24N4O/c1-12-5-3-7-17(10-12)14(19)9-15-13(2)11-18-8-4-6-16-18/h4,6,8,12-13,15H,3,5,7,9-11H2,1-2H3. The summed E-state index contributed by atoms with van der Waals surface area (Å²) in [5.74, 6) is 0.859. The molecule has 1 N–H and O–H groups in total. The maximum Gasteiger partial charge on any atom is 0.236 e. The smallest absolute Gasteiger partial charge is 0.236 e. The third-order valence-electron chi connectivity index (χ3n) is 3.63. The van der Waals surface area contributed by atoms with Crippen LogP contribution < -0.4 is 5.32 Å². The van der Waals surface area contributed by atoms with Crippen molar-refractivity contribution in [2.24, 2.45) is 5.92 Å². The van der Waals surface area contributed by atoms with Gasteiger partial charge in [-0.15, -0.1) is 0 Å². The number of hydrogen-bond donors (Lipinski definition) is 1. The Labute approximate surface area is 115 Å². The van der Waals surface area contributed by atoms with E-state index in [-0.39, 0.29) is 11.9 Å². The number of nitrogens with one attached hydrogen (secondary N) is 1. The van der Waals surface area contributed by atoms with Gasteiger partial charge in [0.25, 0.3) is 0 Å². The maximum atomic E-state index is 12.1. The monoisotopic (exact) mass is 264 g/mol. The van der Waals surface area contributed by atoms with E-state index in [1.54, 1.807) is 6.20 Å². The van der Waals surface area contributed by atoms with Crippen molar-refractivity contribution in [3.8, 4) is 0 Å². The van der Waals surface area contributed by atoms with E-state index in [2.05, 4.69) is 24.3 Å². The van der Waals surface area contributed by atoms with Crippen molar-refractivity contribution >= 4 is 5.91 Å². The largest absolute Gasteiger partial charge is 0.341 e. The van der Waals surface area contributed by atoms with Crippen LogP contribution in [0.5, 0.6) is 0 Å². The maximum absolute atomic E-state index is 12.1. The highest BCUT2D eigenvalue weighted by molar-refractivity contribution is 5.78. The molecule has 2 atom stereocenters. The molecular weight excluding hydrogens is 240 g/mol. The topological polar surface area (TPSA) is 50.2 Å². The van der Waals surface area contributed by atoms with Crippen molar-refractivity contribution in [2.45, 2.75) is 39.3 Å². The Morgan fingerprint density at radius 1 is 1.58 bits per heavy atom. The lowest BCUT2D eigenvalue weighted by molar-refractivity contribution is -0.132. The first-order valence-corrected chi connectivity index (χ1v) is 7.13. The summed E-state index contributed by atoms with van der Waals surface area (Å²) in [6.07, 6.45) is 6.09. The second-order valence-corrected chi connectivity index (χ2v) is 5.60. The summed E-state index contributed by atoms with van der Waals surface area (Å²) < 4.78 is 1.88. The molecule has 5 heteroatoms. The molecule has 1 aliphatic heterocycles. The molecule has 2 unspecified atom stereocenters. The minimum atomic E-state index is 0.221. The molecule has 1 aliphatic rings. The zero-order valence-corrected chi connectivity index (χ0v) is 11.9. The Bertz CT molecular complexity index is 390. The second kappa shape index (κ2) is 6.70. The van der Waals surface area contributed by atoms with Gasteiger partial charge in [-0.05, 0) is 31.7 Å². The van der Waals surface area contributed by atoms with Crippen LogP contribution in [-0.4, -0.2) is 46.3 Å². The zero-order valence-electron chi connectivity index (χ0n) is 11.9. The minimum absolute atomic E-state index is 0.221. The van der Waals surface area contributed by atoms with Crippen molar-refractivity contribution in [2.75, 3.05) is 19.6 Å². The van der Waals surface area contributed by atoms with Crippen LogP contribution in [0.2, 0.25) is 0 Å². The Balaban J connectivity index is 1.70. The van der Waals surface area contributed by atoms with Gasteiger partial charge < -0.3 is 10.2 Å². The Hall–Kier alpha value is -1.36. The molecule has 1 fully saturated rings. The average molecular weight is 264 g/mol. The third kappa shape index (κ3) is 4.35. The fourth-order valence-corrected chi connectivity index (χ4v) is 2.54. The molecule has 1 amide bonds. The molecule has 1 saturated heterocycles. The van der Waals surface area contributed by atoms with Gasteiger partial charge in [0.15, 0.2) is 0 Å². The Morgan fingerprint density at radius 3 is 3.11 bits per heavy atom. The van der Waals surface area contributed by atoms with Crippen molar-refractivity contribution < 1.29 is 4.79 Å². The van der Waals surface area contributed by atoms with Gasteiger partial charge in [0.1, 0.15) is 0 Å². The van der Waals surface area contributed by atoms with Crippen LogP contribution >= 0.6 is 0 Å². The van der Waals surface area contributed by atoms with Crippen LogP contribution in [0.15, 0.2) is 18.5 Å². The lowest BCUT2D eigenvalue weighted by atomic mass is 10.0. The number of piperidine rings is 1. The summed E-state index contributed by atoms with van der Waals surface area (Å²) in [6.45, 7) is 7.33. The number of hydrogen-bond acceptors (Lipinski definition) is 3. The van der Waals surface area contributed by atoms with Gasteiger partial charge in [-0.1, -0.05) is 6.92 Å². The molecule has 1 aromatic rings. The predicted octanol–water partition coefficient (Wildman–Crippen LogP) is 1.12. The van der Waals surface area contributed by atoms with Crippen molar-refractivity contribution in [3.63, 3.8) is 0 Å². The second-order valence-electron chi connectivity index (χ2n) is 5.60. The fourth-order valence-electron chi connectivity index (χ4n) is 2.54. The summed E-state index contributed by atoms with van der Waals surface area (Å²) in [4.78, 5) is 14.1. The highest BCUT2D eigenvalue weighted by Crippen LogP contribution is 2.15. The van der Waals surface area contributed by atoms with E-state index in [0.29, 0.717) is 12.5 Å². The first-order valence-electron chi connectivity index (χ1n) is 7.13. The number of carbonyl (C=O) groups excluding carboxylic acids is 1. The van der Waals surface area contributed by atoms with Gasteiger partial charge in [0, 0.05) is 31.5 Å². The number of amides is 1. The predicted molar refractivity (Wildman–Crippen MR) is 74.7 cm³/mol. The first-order chi connectivity index (χ1) is 9.15. The Morgan fingerprint density at radius 2 is 2.42 bits per heavy atom. The number of likely N-dealkylation sites (tertiary alicyclic amines) is 1. The lowest BCUT2D eigenvalue weighted by Gasteiger charge is -2.31. The normalized spacial score (nSPS) is 21.4. The van der Waals surface area contributed by atoms with Crippen molar-refractivity contribution in [1.29, 1.82) is 0 Å². The number of carbonyl (C=O) groups is 1. The molecule has 2 heterocycles. The molecule has 1 aromatic heterocycles. The van der Waals surface area contributed by atoms with Crippen LogP contribution in [0, 0.1) is 5.92 Å². The van der Waals surface area contributed by atoms with Gasteiger partial charge in [0.2, 0.25) is 5.91 Å². The summed E-state index contributed by atoms with van der Waals surface area (Å²) in [5, 5.41) is 7.45. The lowest BCUT2D eigenvalue weighted by Crippen LogP contribution is -2.45. The molecule has 0 saturated carbocycles. The van der Waals surface area contributed by atoms with Crippen LogP contribution in [0.25, 0.3) is 0 Å². The summed E-state index contributed by atoms with van der Waals surface area (Å²) in [6, 6.07) is 2.15. The highest BCUT2D eigenvalue weighted by atomic mass is 16.2. The van der Waals surface area contributed by atoms with Crippen molar-refractivity contribution in [1.82, 2.24) is 20.0 Å². The summed E-state index contributed by atoms with van der Waals surface area (Å²) in [7, 11) is 0. The van der Waals surface area contributed by atoms with Gasteiger partial charge >= 0.3 is 0 Å². The van der Waals surface area contributed by atoms with Gasteiger partial charge in [-0.3, -0.25) is 9.48 Å². The van der Waals surface area contributed by atoms with E-state index < -0.39 is 0 Å². The molecule has 0 bridgehead atoms. The van der Waals surface area contributed by atoms with E-state index >= 15 is 0 Å². The molecule has 0 spiro atoms. The first kappa shape index (κ1) is 14.1. The Kier molecular flexibility index (Phi) is 4.96. The van der Waals surface area contributed by atoms with Crippen LogP contribution in [0.1, 0.15) is 26.7 Å². The van der Waals surface area contributed by atoms with Gasteiger partial charge in [0.05, 0.1) is 13.1 Å². The van der Waals surface area contributed by atoms with E-state index in [0.717, 1.165) is 26.1 Å². The quantitative estimate of drug-likeness (QED) is 0.867. The van der Waals surface area contributed by atoms with Crippen LogP contribution in [-0.2, 0) is 11.3 Å². The number of rotatable bonds is 5. The third-order valence-corrected chi connectivity index (χ3v) is 3.63. The van der Waals surface area contributed by atoms with Crippen molar-refractivity contribution in [3.05, 3.63) is 18.5 Å². The SMILES string of the molecule is CC1CCCN(C(=O)CNC(C)Cn2cccn2)C1. The molecule has 106 valence electrons. The van der Waals surface area contributed by atoms with Crippen LogP contribution in [0.3, 0.4) is 0 Å². The zero-order chi connectivity index (χ0) is 13.7. The average Bonchev–Trinajstić information content (AvgIpc) is 2.88.